The van der Waals surface area contributed by atoms with Crippen molar-refractivity contribution in [3.05, 3.63) is 36.4 Å². The smallest absolute Gasteiger partial charge is 0.247 e. The van der Waals surface area contributed by atoms with Crippen molar-refractivity contribution >= 4 is 11.6 Å². The van der Waals surface area contributed by atoms with Gasteiger partial charge < -0.3 is 16.2 Å². The topological polar surface area (TPSA) is 75.4 Å². The van der Waals surface area contributed by atoms with Crippen molar-refractivity contribution in [1.82, 2.24) is 0 Å². The number of rotatable bonds is 3. The minimum atomic E-state index is -0.366. The summed E-state index contributed by atoms with van der Waals surface area (Å²) in [4.78, 5) is 11.0. The first-order valence-electron chi connectivity index (χ1n) is 4.12. The van der Waals surface area contributed by atoms with Crippen LogP contribution in [0.3, 0.4) is 0 Å². The lowest BCUT2D eigenvalue weighted by Crippen LogP contribution is -2.08. The van der Waals surface area contributed by atoms with Gasteiger partial charge in [0.25, 0.3) is 0 Å². The van der Waals surface area contributed by atoms with Crippen molar-refractivity contribution in [2.75, 3.05) is 5.32 Å². The molecule has 0 saturated carbocycles. The third-order valence-corrected chi connectivity index (χ3v) is 1.74. The monoisotopic (exact) mass is 192 g/mol. The van der Waals surface area contributed by atoms with Crippen LogP contribution in [0, 0.1) is 0 Å². The molecule has 0 fully saturated rings. The van der Waals surface area contributed by atoms with E-state index in [0.29, 0.717) is 12.2 Å². The number of nitrogens with two attached hydrogens (primary N) is 1. The quantitative estimate of drug-likeness (QED) is 0.493. The number of carbonyl (C=O) groups excluding carboxylic acids is 1. The van der Waals surface area contributed by atoms with Crippen LogP contribution in [0.2, 0.25) is 0 Å². The maximum absolute atomic E-state index is 11.0. The van der Waals surface area contributed by atoms with E-state index in [0.717, 1.165) is 11.6 Å². The number of hydrogen-bond donors (Lipinski definition) is 3. The van der Waals surface area contributed by atoms with Gasteiger partial charge in [-0.1, -0.05) is 12.6 Å². The minimum Gasteiger partial charge on any atom is -0.506 e. The van der Waals surface area contributed by atoms with Crippen LogP contribution in [0.4, 0.5) is 5.69 Å². The molecule has 4 N–H and O–H groups in total. The van der Waals surface area contributed by atoms with E-state index in [1.54, 1.807) is 12.1 Å². The molecule has 1 aromatic carbocycles. The first-order valence-corrected chi connectivity index (χ1v) is 4.12. The van der Waals surface area contributed by atoms with Crippen LogP contribution in [-0.2, 0) is 11.3 Å². The number of benzene rings is 1. The van der Waals surface area contributed by atoms with Gasteiger partial charge in [0.15, 0.2) is 0 Å². The summed E-state index contributed by atoms with van der Waals surface area (Å²) in [5.41, 5.74) is 6.60. The molecule has 0 aliphatic heterocycles. The average molecular weight is 192 g/mol. The average Bonchev–Trinajstić information content (AvgIpc) is 2.21. The van der Waals surface area contributed by atoms with E-state index in [9.17, 15) is 9.90 Å². The van der Waals surface area contributed by atoms with Gasteiger partial charge in [-0.25, -0.2) is 0 Å². The van der Waals surface area contributed by atoms with Crippen molar-refractivity contribution in [3.8, 4) is 5.75 Å². The molecule has 14 heavy (non-hydrogen) atoms. The predicted octanol–water partition coefficient (Wildman–Crippen LogP) is 0.975. The molecule has 1 amide bonds. The number of nitrogens with one attached hydrogen (secondary N) is 1. The van der Waals surface area contributed by atoms with E-state index >= 15 is 0 Å². The molecule has 0 heterocycles. The fraction of sp³-hybridized carbons (Fsp3) is 0.100. The van der Waals surface area contributed by atoms with Crippen LogP contribution in [0.25, 0.3) is 0 Å². The molecule has 1 aromatic rings. The van der Waals surface area contributed by atoms with Crippen molar-refractivity contribution in [2.24, 2.45) is 5.73 Å². The van der Waals surface area contributed by atoms with E-state index < -0.39 is 0 Å². The zero-order chi connectivity index (χ0) is 10.6. The Morgan fingerprint density at radius 2 is 2.36 bits per heavy atom. The van der Waals surface area contributed by atoms with E-state index in [-0.39, 0.29) is 11.7 Å². The molecule has 0 aliphatic rings. The number of carbonyl (C=O) groups is 1. The van der Waals surface area contributed by atoms with Crippen molar-refractivity contribution in [3.63, 3.8) is 0 Å². The third kappa shape index (κ3) is 2.34. The number of phenolic OH excluding ortho intramolecular Hbond substituents is 1. The Bertz CT molecular complexity index is 361. The summed E-state index contributed by atoms with van der Waals surface area (Å²) in [5.74, 6) is -0.355. The van der Waals surface area contributed by atoms with Crippen LogP contribution in [0.15, 0.2) is 30.9 Å². The Labute approximate surface area is 82.0 Å². The highest BCUT2D eigenvalue weighted by atomic mass is 16.3. The molecule has 4 heteroatoms. The number of aromatic hydroxyl groups is 1. The molecule has 0 radical (unpaired) electrons. The summed E-state index contributed by atoms with van der Waals surface area (Å²) in [5, 5.41) is 11.9. The first-order chi connectivity index (χ1) is 6.67. The molecule has 0 atom stereocenters. The molecule has 74 valence electrons. The van der Waals surface area contributed by atoms with E-state index in [4.69, 9.17) is 5.73 Å². The second-order valence-corrected chi connectivity index (χ2v) is 2.75. The Kier molecular flexibility index (Phi) is 3.25. The van der Waals surface area contributed by atoms with E-state index in [1.165, 1.54) is 6.07 Å². The third-order valence-electron chi connectivity index (χ3n) is 1.74. The standard InChI is InChI=1S/C10H12N2O2/c1-2-10(14)12-8-5-7(6-11)3-4-9(8)13/h2-5,13H,1,6,11H2,(H,12,14). The molecule has 0 aliphatic carbocycles. The van der Waals surface area contributed by atoms with Gasteiger partial charge >= 0.3 is 0 Å². The summed E-state index contributed by atoms with van der Waals surface area (Å²) >= 11 is 0. The molecule has 0 bridgehead atoms. The zero-order valence-electron chi connectivity index (χ0n) is 7.66. The van der Waals surface area contributed by atoms with Crippen LogP contribution in [0.5, 0.6) is 5.75 Å². The molecular weight excluding hydrogens is 180 g/mol. The van der Waals surface area contributed by atoms with Crippen LogP contribution in [0.1, 0.15) is 5.56 Å². The predicted molar refractivity (Wildman–Crippen MR) is 54.8 cm³/mol. The minimum absolute atomic E-state index is 0.0115. The highest BCUT2D eigenvalue weighted by Gasteiger charge is 2.03. The number of amides is 1. The van der Waals surface area contributed by atoms with Crippen molar-refractivity contribution < 1.29 is 9.90 Å². The summed E-state index contributed by atoms with van der Waals surface area (Å²) in [6.07, 6.45) is 1.13. The Hall–Kier alpha value is -1.81. The molecule has 0 unspecified atom stereocenters. The molecule has 0 aromatic heterocycles. The molecular formula is C10H12N2O2. The SMILES string of the molecule is C=CC(=O)Nc1cc(CN)ccc1O. The molecule has 1 rings (SSSR count). The summed E-state index contributed by atoms with van der Waals surface area (Å²) in [6.45, 7) is 3.67. The highest BCUT2D eigenvalue weighted by molar-refractivity contribution is 5.99. The van der Waals surface area contributed by atoms with E-state index in [1.807, 2.05) is 0 Å². The number of phenols is 1. The second kappa shape index (κ2) is 4.43. The van der Waals surface area contributed by atoms with Gasteiger partial charge in [0, 0.05) is 6.54 Å². The summed E-state index contributed by atoms with van der Waals surface area (Å²) in [7, 11) is 0. The van der Waals surface area contributed by atoms with Gasteiger partial charge in [-0.15, -0.1) is 0 Å². The lowest BCUT2D eigenvalue weighted by Gasteiger charge is -2.06. The Morgan fingerprint density at radius 3 is 2.93 bits per heavy atom. The Balaban J connectivity index is 2.94. The van der Waals surface area contributed by atoms with Crippen LogP contribution >= 0.6 is 0 Å². The van der Waals surface area contributed by atoms with Gasteiger partial charge in [0.05, 0.1) is 5.69 Å². The largest absolute Gasteiger partial charge is 0.506 e. The Morgan fingerprint density at radius 1 is 1.64 bits per heavy atom. The summed E-state index contributed by atoms with van der Waals surface area (Å²) in [6, 6.07) is 4.80. The summed E-state index contributed by atoms with van der Waals surface area (Å²) < 4.78 is 0. The van der Waals surface area contributed by atoms with Crippen LogP contribution in [-0.4, -0.2) is 11.0 Å². The lowest BCUT2D eigenvalue weighted by molar-refractivity contribution is -0.111. The van der Waals surface area contributed by atoms with Crippen LogP contribution < -0.4 is 11.1 Å². The highest BCUT2D eigenvalue weighted by Crippen LogP contribution is 2.23. The van der Waals surface area contributed by atoms with E-state index in [2.05, 4.69) is 11.9 Å². The number of anilines is 1. The van der Waals surface area contributed by atoms with Crippen molar-refractivity contribution in [1.29, 1.82) is 0 Å². The maximum atomic E-state index is 11.0. The fourth-order valence-electron chi connectivity index (χ4n) is 0.994. The number of hydrogen-bond acceptors (Lipinski definition) is 3. The van der Waals surface area contributed by atoms with Gasteiger partial charge in [-0.3, -0.25) is 4.79 Å². The van der Waals surface area contributed by atoms with Gasteiger partial charge in [-0.05, 0) is 23.8 Å². The lowest BCUT2D eigenvalue weighted by atomic mass is 10.2. The zero-order valence-corrected chi connectivity index (χ0v) is 7.66. The first kappa shape index (κ1) is 10.3. The maximum Gasteiger partial charge on any atom is 0.247 e. The van der Waals surface area contributed by atoms with Gasteiger partial charge in [0.2, 0.25) is 5.91 Å². The van der Waals surface area contributed by atoms with Crippen molar-refractivity contribution in [2.45, 2.75) is 6.54 Å². The fourth-order valence-corrected chi connectivity index (χ4v) is 0.994. The van der Waals surface area contributed by atoms with Gasteiger partial charge in [-0.2, -0.15) is 0 Å². The second-order valence-electron chi connectivity index (χ2n) is 2.75. The normalized spacial score (nSPS) is 9.50. The van der Waals surface area contributed by atoms with Gasteiger partial charge in [0.1, 0.15) is 5.75 Å². The molecule has 4 nitrogen and oxygen atoms in total. The molecule has 0 saturated heterocycles. The molecule has 0 spiro atoms.